The van der Waals surface area contributed by atoms with Crippen LogP contribution in [0.3, 0.4) is 0 Å². The maximum Gasteiger partial charge on any atom is 0.0346 e. The van der Waals surface area contributed by atoms with E-state index < -0.39 is 0 Å². The Morgan fingerprint density at radius 1 is 1.21 bits per heavy atom. The molecule has 0 saturated heterocycles. The summed E-state index contributed by atoms with van der Waals surface area (Å²) in [5.41, 5.74) is 11.2. The third-order valence-electron chi connectivity index (χ3n) is 4.09. The van der Waals surface area contributed by atoms with Crippen molar-refractivity contribution in [3.8, 4) is 11.1 Å². The highest BCUT2D eigenvalue weighted by molar-refractivity contribution is 5.64. The molecule has 0 spiro atoms. The van der Waals surface area contributed by atoms with E-state index in [1.165, 1.54) is 41.5 Å². The molecule has 2 aromatic rings. The van der Waals surface area contributed by atoms with E-state index in [1.807, 2.05) is 18.5 Å². The van der Waals surface area contributed by atoms with E-state index in [9.17, 15) is 0 Å². The van der Waals surface area contributed by atoms with E-state index in [0.29, 0.717) is 5.92 Å². The Hall–Kier alpha value is -1.67. The van der Waals surface area contributed by atoms with Crippen LogP contribution in [0, 0.1) is 0 Å². The molecule has 19 heavy (non-hydrogen) atoms. The van der Waals surface area contributed by atoms with Crippen LogP contribution < -0.4 is 5.73 Å². The molecule has 2 N–H and O–H groups in total. The monoisotopic (exact) mass is 252 g/mol. The van der Waals surface area contributed by atoms with Gasteiger partial charge in [0, 0.05) is 12.4 Å². The van der Waals surface area contributed by atoms with Crippen LogP contribution in [0.4, 0.5) is 0 Å². The van der Waals surface area contributed by atoms with E-state index in [0.717, 1.165) is 13.0 Å². The Kier molecular flexibility index (Phi) is 3.60. The molecule has 98 valence electrons. The van der Waals surface area contributed by atoms with Gasteiger partial charge in [-0.2, -0.15) is 0 Å². The molecule has 1 heterocycles. The quantitative estimate of drug-likeness (QED) is 0.907. The molecule has 3 rings (SSSR count). The van der Waals surface area contributed by atoms with Crippen molar-refractivity contribution in [1.82, 2.24) is 4.98 Å². The van der Waals surface area contributed by atoms with Gasteiger partial charge in [-0.1, -0.05) is 24.3 Å². The molecule has 1 aliphatic carbocycles. The zero-order valence-electron chi connectivity index (χ0n) is 11.2. The van der Waals surface area contributed by atoms with Crippen LogP contribution >= 0.6 is 0 Å². The summed E-state index contributed by atoms with van der Waals surface area (Å²) in [5, 5.41) is 0. The number of hydrogen-bond donors (Lipinski definition) is 1. The zero-order valence-corrected chi connectivity index (χ0v) is 11.2. The first-order valence-electron chi connectivity index (χ1n) is 7.12. The Bertz CT molecular complexity index is 548. The van der Waals surface area contributed by atoms with Gasteiger partial charge in [0.15, 0.2) is 0 Å². The predicted octanol–water partition coefficient (Wildman–Crippen LogP) is 3.52. The van der Waals surface area contributed by atoms with Crippen molar-refractivity contribution in [2.45, 2.75) is 31.6 Å². The number of hydrogen-bond acceptors (Lipinski definition) is 2. The smallest absolute Gasteiger partial charge is 0.0346 e. The molecule has 1 atom stereocenters. The number of aryl methyl sites for hydroxylation is 1. The Morgan fingerprint density at radius 2 is 2.16 bits per heavy atom. The zero-order chi connectivity index (χ0) is 13.1. The maximum absolute atomic E-state index is 5.76. The Labute approximate surface area is 114 Å². The van der Waals surface area contributed by atoms with Gasteiger partial charge >= 0.3 is 0 Å². The molecular formula is C17H20N2. The van der Waals surface area contributed by atoms with Gasteiger partial charge in [-0.25, -0.2) is 0 Å². The van der Waals surface area contributed by atoms with E-state index in [1.54, 1.807) is 0 Å². The highest BCUT2D eigenvalue weighted by atomic mass is 14.6. The average Bonchev–Trinajstić information content (AvgIpc) is 2.48. The molecule has 0 amide bonds. The first-order valence-corrected chi connectivity index (χ1v) is 7.12. The summed E-state index contributed by atoms with van der Waals surface area (Å²) >= 11 is 0. The number of aromatic nitrogens is 1. The van der Waals surface area contributed by atoms with Crippen LogP contribution in [-0.4, -0.2) is 11.5 Å². The summed E-state index contributed by atoms with van der Waals surface area (Å²) in [6, 6.07) is 11.0. The normalized spacial score (nSPS) is 18.1. The second kappa shape index (κ2) is 5.54. The standard InChI is InChI=1S/C17H20N2/c18-9-8-14-4-1-3-13-6-7-15(11-17(13)14)16-5-2-10-19-12-16/h2,5-7,10-12,14H,1,3-4,8-9,18H2. The topological polar surface area (TPSA) is 38.9 Å². The van der Waals surface area contributed by atoms with Crippen molar-refractivity contribution in [3.63, 3.8) is 0 Å². The van der Waals surface area contributed by atoms with E-state index >= 15 is 0 Å². The minimum atomic E-state index is 0.644. The summed E-state index contributed by atoms with van der Waals surface area (Å²) in [6.07, 6.45) is 8.64. The van der Waals surface area contributed by atoms with Crippen LogP contribution in [0.5, 0.6) is 0 Å². The van der Waals surface area contributed by atoms with Gasteiger partial charge in [-0.15, -0.1) is 0 Å². The molecule has 1 aliphatic rings. The van der Waals surface area contributed by atoms with Crippen LogP contribution in [0.25, 0.3) is 11.1 Å². The van der Waals surface area contributed by atoms with E-state index in [2.05, 4.69) is 29.2 Å². The lowest BCUT2D eigenvalue weighted by Gasteiger charge is -2.26. The fourth-order valence-corrected chi connectivity index (χ4v) is 3.11. The molecule has 0 saturated carbocycles. The number of nitrogens with two attached hydrogens (primary N) is 1. The summed E-state index contributed by atoms with van der Waals surface area (Å²) < 4.78 is 0. The van der Waals surface area contributed by atoms with Gasteiger partial charge in [0.1, 0.15) is 0 Å². The van der Waals surface area contributed by atoms with Gasteiger partial charge in [-0.3, -0.25) is 4.98 Å². The fraction of sp³-hybridized carbons (Fsp3) is 0.353. The van der Waals surface area contributed by atoms with Gasteiger partial charge in [0.25, 0.3) is 0 Å². The van der Waals surface area contributed by atoms with Crippen LogP contribution in [0.2, 0.25) is 0 Å². The molecule has 1 aromatic heterocycles. The van der Waals surface area contributed by atoms with Crippen molar-refractivity contribution in [1.29, 1.82) is 0 Å². The third-order valence-corrected chi connectivity index (χ3v) is 4.09. The van der Waals surface area contributed by atoms with Crippen LogP contribution in [-0.2, 0) is 6.42 Å². The number of nitrogens with zero attached hydrogens (tertiary/aromatic N) is 1. The highest BCUT2D eigenvalue weighted by Gasteiger charge is 2.19. The third kappa shape index (κ3) is 2.54. The van der Waals surface area contributed by atoms with Crippen molar-refractivity contribution in [2.24, 2.45) is 5.73 Å². The number of pyridine rings is 1. The number of rotatable bonds is 3. The molecule has 1 aromatic carbocycles. The number of fused-ring (bicyclic) bond motifs is 1. The van der Waals surface area contributed by atoms with Gasteiger partial charge in [0.05, 0.1) is 0 Å². The highest BCUT2D eigenvalue weighted by Crippen LogP contribution is 2.36. The lowest BCUT2D eigenvalue weighted by molar-refractivity contribution is 0.526. The summed E-state index contributed by atoms with van der Waals surface area (Å²) in [6.45, 7) is 0.779. The molecule has 0 aliphatic heterocycles. The Balaban J connectivity index is 2.00. The number of benzene rings is 1. The van der Waals surface area contributed by atoms with Gasteiger partial charge < -0.3 is 5.73 Å². The largest absolute Gasteiger partial charge is 0.330 e. The maximum atomic E-state index is 5.76. The minimum Gasteiger partial charge on any atom is -0.330 e. The minimum absolute atomic E-state index is 0.644. The van der Waals surface area contributed by atoms with E-state index in [-0.39, 0.29) is 0 Å². The van der Waals surface area contributed by atoms with Crippen molar-refractivity contribution >= 4 is 0 Å². The van der Waals surface area contributed by atoms with Gasteiger partial charge in [0.2, 0.25) is 0 Å². The molecule has 2 nitrogen and oxygen atoms in total. The fourth-order valence-electron chi connectivity index (χ4n) is 3.11. The van der Waals surface area contributed by atoms with E-state index in [4.69, 9.17) is 5.73 Å². The molecular weight excluding hydrogens is 232 g/mol. The predicted molar refractivity (Wildman–Crippen MR) is 79.0 cm³/mol. The summed E-state index contributed by atoms with van der Waals surface area (Å²) in [5.74, 6) is 0.644. The second-order valence-electron chi connectivity index (χ2n) is 5.32. The second-order valence-corrected chi connectivity index (χ2v) is 5.32. The molecule has 1 unspecified atom stereocenters. The lowest BCUT2D eigenvalue weighted by Crippen LogP contribution is -2.14. The van der Waals surface area contributed by atoms with Crippen molar-refractivity contribution in [2.75, 3.05) is 6.54 Å². The lowest BCUT2D eigenvalue weighted by atomic mass is 9.80. The summed E-state index contributed by atoms with van der Waals surface area (Å²) in [7, 11) is 0. The molecule has 2 heteroatoms. The first kappa shape index (κ1) is 12.4. The van der Waals surface area contributed by atoms with Crippen molar-refractivity contribution in [3.05, 3.63) is 53.9 Å². The average molecular weight is 252 g/mol. The van der Waals surface area contributed by atoms with Crippen molar-refractivity contribution < 1.29 is 0 Å². The summed E-state index contributed by atoms with van der Waals surface area (Å²) in [4.78, 5) is 4.21. The van der Waals surface area contributed by atoms with Crippen LogP contribution in [0.1, 0.15) is 36.3 Å². The SMILES string of the molecule is NCCC1CCCc2ccc(-c3cccnc3)cc21. The Morgan fingerprint density at radius 3 is 2.95 bits per heavy atom. The molecule has 0 fully saturated rings. The molecule has 0 bridgehead atoms. The van der Waals surface area contributed by atoms with Gasteiger partial charge in [-0.05, 0) is 66.5 Å². The molecule has 0 radical (unpaired) electrons. The first-order chi connectivity index (χ1) is 9.38. The van der Waals surface area contributed by atoms with Crippen LogP contribution in [0.15, 0.2) is 42.7 Å².